The number of rotatable bonds is 7. The van der Waals surface area contributed by atoms with Gasteiger partial charge >= 0.3 is 0 Å². The Kier molecular flexibility index (Phi) is 6.68. The highest BCUT2D eigenvalue weighted by Gasteiger charge is 2.25. The van der Waals surface area contributed by atoms with E-state index in [-0.39, 0.29) is 6.10 Å². The smallest absolute Gasteiger partial charge is 0.0811 e. The van der Waals surface area contributed by atoms with Crippen LogP contribution in [0.15, 0.2) is 40.5 Å². The maximum atomic E-state index is 6.26. The second kappa shape index (κ2) is 8.08. The molecule has 2 rings (SSSR count). The maximum Gasteiger partial charge on any atom is 0.0811 e. The topological polar surface area (TPSA) is 9.23 Å². The van der Waals surface area contributed by atoms with Gasteiger partial charge in [-0.2, -0.15) is 0 Å². The number of benzene rings is 1. The van der Waals surface area contributed by atoms with Gasteiger partial charge in [-0.15, -0.1) is 11.3 Å². The van der Waals surface area contributed by atoms with Gasteiger partial charge in [-0.1, -0.05) is 67.7 Å². The third-order valence-corrected chi connectivity index (χ3v) is 9.24. The SMILES string of the molecule is C[SiH](C)C(C)(C)COC(/C=C/I)Cc1cc2ccccc2s1. The molecule has 0 saturated heterocycles. The quantitative estimate of drug-likeness (QED) is 0.374. The summed E-state index contributed by atoms with van der Waals surface area (Å²) in [6.07, 6.45) is 3.33. The normalized spacial score (nSPS) is 14.3. The van der Waals surface area contributed by atoms with Crippen molar-refractivity contribution in [1.82, 2.24) is 0 Å². The lowest BCUT2D eigenvalue weighted by atomic mass is 10.2. The first kappa shape index (κ1) is 18.2. The summed E-state index contributed by atoms with van der Waals surface area (Å²) < 4.78 is 9.70. The highest BCUT2D eigenvalue weighted by atomic mass is 127. The molecule has 0 radical (unpaired) electrons. The van der Waals surface area contributed by atoms with E-state index < -0.39 is 8.80 Å². The molecule has 0 aliphatic heterocycles. The van der Waals surface area contributed by atoms with E-state index in [0.29, 0.717) is 5.04 Å². The molecule has 4 heteroatoms. The van der Waals surface area contributed by atoms with E-state index >= 15 is 0 Å². The molecule has 1 unspecified atom stereocenters. The van der Waals surface area contributed by atoms with Gasteiger partial charge in [0.05, 0.1) is 6.10 Å². The van der Waals surface area contributed by atoms with Gasteiger partial charge in [-0.3, -0.25) is 0 Å². The van der Waals surface area contributed by atoms with Crippen LogP contribution < -0.4 is 0 Å². The lowest BCUT2D eigenvalue weighted by Crippen LogP contribution is -2.29. The molecule has 0 aliphatic carbocycles. The molecular weight excluding hydrogens is 419 g/mol. The number of ether oxygens (including phenoxy) is 1. The minimum absolute atomic E-state index is 0.178. The van der Waals surface area contributed by atoms with Crippen molar-refractivity contribution in [2.24, 2.45) is 0 Å². The van der Waals surface area contributed by atoms with E-state index in [1.165, 1.54) is 15.0 Å². The molecule has 1 aromatic heterocycles. The van der Waals surface area contributed by atoms with Crippen molar-refractivity contribution in [2.45, 2.75) is 44.5 Å². The van der Waals surface area contributed by atoms with Gasteiger partial charge in [-0.05, 0) is 32.7 Å². The summed E-state index contributed by atoms with van der Waals surface area (Å²) in [6.45, 7) is 10.3. The zero-order valence-electron chi connectivity index (χ0n) is 13.8. The van der Waals surface area contributed by atoms with E-state index in [1.807, 2.05) is 11.3 Å². The molecule has 2 aromatic rings. The Morgan fingerprint density at radius 3 is 2.68 bits per heavy atom. The molecular formula is C18H25IOSSi. The van der Waals surface area contributed by atoms with Gasteiger partial charge in [-0.25, -0.2) is 0 Å². The number of hydrogen-bond donors (Lipinski definition) is 0. The predicted molar refractivity (Wildman–Crippen MR) is 111 cm³/mol. The summed E-state index contributed by atoms with van der Waals surface area (Å²) in [5.41, 5.74) is 0. The fourth-order valence-corrected chi connectivity index (χ4v) is 4.09. The summed E-state index contributed by atoms with van der Waals surface area (Å²) >= 11 is 4.17. The van der Waals surface area contributed by atoms with E-state index in [4.69, 9.17) is 4.74 Å². The standard InChI is InChI=1S/C18H25IOSSi/c1-18(2,22(3)4)13-20-15(9-10-19)12-16-11-14-7-5-6-8-17(14)21-16/h5-11,15,22H,12-13H2,1-4H3/b10-9+. The van der Waals surface area contributed by atoms with Crippen molar-refractivity contribution in [3.63, 3.8) is 0 Å². The van der Waals surface area contributed by atoms with Crippen molar-refractivity contribution in [2.75, 3.05) is 6.61 Å². The largest absolute Gasteiger partial charge is 0.374 e. The van der Waals surface area contributed by atoms with Gasteiger partial charge in [0.2, 0.25) is 0 Å². The molecule has 1 atom stereocenters. The monoisotopic (exact) mass is 444 g/mol. The summed E-state index contributed by atoms with van der Waals surface area (Å²) in [4.78, 5) is 1.40. The van der Waals surface area contributed by atoms with Crippen molar-refractivity contribution in [3.8, 4) is 0 Å². The average Bonchev–Trinajstić information content (AvgIpc) is 2.87. The Balaban J connectivity index is 2.05. The highest BCUT2D eigenvalue weighted by molar-refractivity contribution is 14.1. The van der Waals surface area contributed by atoms with Gasteiger partial charge < -0.3 is 4.74 Å². The maximum absolute atomic E-state index is 6.26. The van der Waals surface area contributed by atoms with Crippen LogP contribution in [0.4, 0.5) is 0 Å². The molecule has 1 heterocycles. The van der Waals surface area contributed by atoms with Gasteiger partial charge in [0.25, 0.3) is 0 Å². The fraction of sp³-hybridized carbons (Fsp3) is 0.444. The fourth-order valence-electron chi connectivity index (χ4n) is 2.09. The zero-order valence-corrected chi connectivity index (χ0v) is 17.9. The van der Waals surface area contributed by atoms with Crippen LogP contribution in [0.3, 0.4) is 0 Å². The molecule has 0 aliphatic rings. The second-order valence-corrected chi connectivity index (χ2v) is 12.5. The van der Waals surface area contributed by atoms with E-state index in [2.05, 4.69) is 90.0 Å². The Morgan fingerprint density at radius 1 is 1.32 bits per heavy atom. The van der Waals surface area contributed by atoms with Crippen LogP contribution >= 0.6 is 33.9 Å². The molecule has 1 aromatic carbocycles. The molecule has 1 nitrogen and oxygen atoms in total. The van der Waals surface area contributed by atoms with Crippen LogP contribution in [0.2, 0.25) is 18.1 Å². The third-order valence-electron chi connectivity index (χ3n) is 4.40. The Hall–Kier alpha value is -0.173. The Bertz CT molecular complexity index is 600. The lowest BCUT2D eigenvalue weighted by Gasteiger charge is -2.29. The van der Waals surface area contributed by atoms with Gasteiger partial charge in [0.1, 0.15) is 0 Å². The van der Waals surface area contributed by atoms with Crippen LogP contribution in [0.1, 0.15) is 18.7 Å². The molecule has 0 spiro atoms. The Morgan fingerprint density at radius 2 is 2.05 bits per heavy atom. The molecule has 0 bridgehead atoms. The summed E-state index contributed by atoms with van der Waals surface area (Å²) in [5, 5.41) is 1.69. The van der Waals surface area contributed by atoms with E-state index in [0.717, 1.165) is 13.0 Å². The van der Waals surface area contributed by atoms with Gasteiger partial charge in [0, 0.05) is 31.4 Å². The van der Waals surface area contributed by atoms with E-state index in [1.54, 1.807) is 0 Å². The third kappa shape index (κ3) is 4.91. The van der Waals surface area contributed by atoms with Crippen molar-refractivity contribution < 1.29 is 4.74 Å². The first-order valence-electron chi connectivity index (χ1n) is 7.78. The molecule has 0 fully saturated rings. The van der Waals surface area contributed by atoms with Gasteiger partial charge in [0.15, 0.2) is 0 Å². The van der Waals surface area contributed by atoms with Crippen molar-refractivity contribution >= 4 is 52.8 Å². The first-order chi connectivity index (χ1) is 10.4. The average molecular weight is 444 g/mol. The molecule has 0 N–H and O–H groups in total. The second-order valence-electron chi connectivity index (χ2n) is 6.77. The lowest BCUT2D eigenvalue weighted by molar-refractivity contribution is 0.0692. The highest BCUT2D eigenvalue weighted by Crippen LogP contribution is 2.30. The zero-order chi connectivity index (χ0) is 16.2. The number of fused-ring (bicyclic) bond motifs is 1. The predicted octanol–water partition coefficient (Wildman–Crippen LogP) is 6.04. The van der Waals surface area contributed by atoms with Crippen molar-refractivity contribution in [3.05, 3.63) is 45.4 Å². The summed E-state index contributed by atoms with van der Waals surface area (Å²) in [6, 6.07) is 10.9. The summed E-state index contributed by atoms with van der Waals surface area (Å²) in [7, 11) is -0.716. The number of hydrogen-bond acceptors (Lipinski definition) is 2. The molecule has 120 valence electrons. The molecule has 0 amide bonds. The molecule has 0 saturated carbocycles. The number of thiophene rings is 1. The van der Waals surface area contributed by atoms with Crippen LogP contribution in [0.5, 0.6) is 0 Å². The molecule has 22 heavy (non-hydrogen) atoms. The minimum Gasteiger partial charge on any atom is -0.374 e. The minimum atomic E-state index is -0.716. The summed E-state index contributed by atoms with van der Waals surface area (Å²) in [5.74, 6) is 0. The number of halogens is 1. The Labute approximate surface area is 153 Å². The van der Waals surface area contributed by atoms with Crippen molar-refractivity contribution in [1.29, 1.82) is 0 Å². The van der Waals surface area contributed by atoms with Crippen LogP contribution in [-0.4, -0.2) is 21.5 Å². The first-order valence-corrected chi connectivity index (χ1v) is 12.7. The van der Waals surface area contributed by atoms with E-state index in [9.17, 15) is 0 Å². The van der Waals surface area contributed by atoms with Crippen LogP contribution in [0.25, 0.3) is 10.1 Å². The van der Waals surface area contributed by atoms with Crippen LogP contribution in [-0.2, 0) is 11.2 Å². The van der Waals surface area contributed by atoms with Crippen LogP contribution in [0, 0.1) is 0 Å².